The number of rotatable bonds is 8. The molecule has 1 unspecified atom stereocenters. The van der Waals surface area contributed by atoms with E-state index in [1.54, 1.807) is 21.3 Å². The van der Waals surface area contributed by atoms with Gasteiger partial charge >= 0.3 is 0 Å². The smallest absolute Gasteiger partial charge is 0.225 e. The van der Waals surface area contributed by atoms with Gasteiger partial charge in [-0.25, -0.2) is 0 Å². The number of carbonyl (C=O) groups is 1. The average molecular weight is 343 g/mol. The van der Waals surface area contributed by atoms with Crippen LogP contribution in [0.1, 0.15) is 30.5 Å². The van der Waals surface area contributed by atoms with Crippen LogP contribution in [-0.2, 0) is 11.2 Å². The number of amides is 1. The van der Waals surface area contributed by atoms with E-state index in [0.29, 0.717) is 11.5 Å². The normalized spacial score (nSPS) is 11.5. The third-order valence-electron chi connectivity index (χ3n) is 4.10. The maximum Gasteiger partial charge on any atom is 0.225 e. The van der Waals surface area contributed by atoms with Gasteiger partial charge < -0.3 is 19.5 Å². The Bertz CT molecular complexity index is 697. The van der Waals surface area contributed by atoms with Crippen LogP contribution in [0, 0.1) is 0 Å². The van der Waals surface area contributed by atoms with Crippen molar-refractivity contribution >= 4 is 5.91 Å². The number of hydrogen-bond donors (Lipinski definition) is 1. The van der Waals surface area contributed by atoms with E-state index < -0.39 is 0 Å². The predicted molar refractivity (Wildman–Crippen MR) is 97.4 cm³/mol. The van der Waals surface area contributed by atoms with E-state index in [4.69, 9.17) is 14.2 Å². The molecule has 0 fully saturated rings. The van der Waals surface area contributed by atoms with Gasteiger partial charge in [0.15, 0.2) is 0 Å². The van der Waals surface area contributed by atoms with Crippen LogP contribution in [-0.4, -0.2) is 27.2 Å². The summed E-state index contributed by atoms with van der Waals surface area (Å²) in [5.74, 6) is 2.11. The zero-order chi connectivity index (χ0) is 18.2. The highest BCUT2D eigenvalue weighted by atomic mass is 16.5. The molecule has 0 aliphatic carbocycles. The Morgan fingerprint density at radius 3 is 2.16 bits per heavy atom. The van der Waals surface area contributed by atoms with Crippen LogP contribution in [0.2, 0.25) is 0 Å². The minimum Gasteiger partial charge on any atom is -0.497 e. The second kappa shape index (κ2) is 8.97. The Morgan fingerprint density at radius 1 is 0.960 bits per heavy atom. The summed E-state index contributed by atoms with van der Waals surface area (Å²) < 4.78 is 15.7. The van der Waals surface area contributed by atoms with Gasteiger partial charge in [-0.2, -0.15) is 0 Å². The Balaban J connectivity index is 2.09. The standard InChI is InChI=1S/C20H25NO4/c1-5-18(14-6-8-16(23-2)9-7-14)21-20(22)13-15-12-17(24-3)10-11-19(15)25-4/h6-12,18H,5,13H2,1-4H3,(H,21,22). The highest BCUT2D eigenvalue weighted by molar-refractivity contribution is 5.80. The van der Waals surface area contributed by atoms with Crippen molar-refractivity contribution in [2.45, 2.75) is 25.8 Å². The largest absolute Gasteiger partial charge is 0.497 e. The van der Waals surface area contributed by atoms with Gasteiger partial charge in [0.25, 0.3) is 0 Å². The molecule has 0 aliphatic heterocycles. The zero-order valence-corrected chi connectivity index (χ0v) is 15.2. The molecule has 2 aromatic carbocycles. The van der Waals surface area contributed by atoms with Crippen molar-refractivity contribution in [3.05, 3.63) is 53.6 Å². The Labute approximate surface area is 148 Å². The van der Waals surface area contributed by atoms with Crippen LogP contribution in [0.15, 0.2) is 42.5 Å². The van der Waals surface area contributed by atoms with Gasteiger partial charge in [-0.1, -0.05) is 19.1 Å². The summed E-state index contributed by atoms with van der Waals surface area (Å²) in [5.41, 5.74) is 1.85. The van der Waals surface area contributed by atoms with Crippen LogP contribution in [0.25, 0.3) is 0 Å². The van der Waals surface area contributed by atoms with Crippen molar-refractivity contribution in [1.29, 1.82) is 0 Å². The quantitative estimate of drug-likeness (QED) is 0.797. The van der Waals surface area contributed by atoms with Gasteiger partial charge in [0.2, 0.25) is 5.91 Å². The third-order valence-corrected chi connectivity index (χ3v) is 4.10. The summed E-state index contributed by atoms with van der Waals surface area (Å²) in [6, 6.07) is 13.1. The van der Waals surface area contributed by atoms with Crippen molar-refractivity contribution in [2.24, 2.45) is 0 Å². The first kappa shape index (κ1) is 18.6. The lowest BCUT2D eigenvalue weighted by molar-refractivity contribution is -0.121. The molecule has 1 N–H and O–H groups in total. The Morgan fingerprint density at radius 2 is 1.60 bits per heavy atom. The van der Waals surface area contributed by atoms with Gasteiger partial charge in [0, 0.05) is 5.56 Å². The second-order valence-corrected chi connectivity index (χ2v) is 5.66. The summed E-state index contributed by atoms with van der Waals surface area (Å²) in [7, 11) is 4.83. The molecule has 0 spiro atoms. The number of ether oxygens (including phenoxy) is 3. The zero-order valence-electron chi connectivity index (χ0n) is 15.2. The van der Waals surface area contributed by atoms with Gasteiger partial charge in [-0.05, 0) is 42.3 Å². The van der Waals surface area contributed by atoms with E-state index in [0.717, 1.165) is 23.3 Å². The molecule has 5 nitrogen and oxygen atoms in total. The highest BCUT2D eigenvalue weighted by Gasteiger charge is 2.15. The van der Waals surface area contributed by atoms with E-state index >= 15 is 0 Å². The molecule has 2 aromatic rings. The van der Waals surface area contributed by atoms with E-state index in [1.165, 1.54) is 0 Å². The van der Waals surface area contributed by atoms with Gasteiger partial charge in [0.05, 0.1) is 33.8 Å². The minimum absolute atomic E-state index is 0.0463. The molecule has 0 aromatic heterocycles. The molecule has 134 valence electrons. The monoisotopic (exact) mass is 343 g/mol. The van der Waals surface area contributed by atoms with Crippen LogP contribution >= 0.6 is 0 Å². The van der Waals surface area contributed by atoms with Gasteiger partial charge in [-0.3, -0.25) is 4.79 Å². The fourth-order valence-electron chi connectivity index (χ4n) is 2.70. The molecule has 0 radical (unpaired) electrons. The summed E-state index contributed by atoms with van der Waals surface area (Å²) in [6.45, 7) is 2.04. The Kier molecular flexibility index (Phi) is 6.69. The summed E-state index contributed by atoms with van der Waals surface area (Å²) in [4.78, 5) is 12.5. The number of hydrogen-bond acceptors (Lipinski definition) is 4. The van der Waals surface area contributed by atoms with Crippen molar-refractivity contribution in [3.8, 4) is 17.2 Å². The van der Waals surface area contributed by atoms with Crippen molar-refractivity contribution < 1.29 is 19.0 Å². The molecule has 0 saturated carbocycles. The van der Waals surface area contributed by atoms with Crippen LogP contribution in [0.4, 0.5) is 0 Å². The first-order valence-electron chi connectivity index (χ1n) is 8.25. The molecule has 2 rings (SSSR count). The van der Waals surface area contributed by atoms with E-state index in [1.807, 2.05) is 49.4 Å². The number of carbonyl (C=O) groups excluding carboxylic acids is 1. The number of nitrogens with one attached hydrogen (secondary N) is 1. The summed E-state index contributed by atoms with van der Waals surface area (Å²) >= 11 is 0. The third kappa shape index (κ3) is 4.89. The van der Waals surface area contributed by atoms with Gasteiger partial charge in [0.1, 0.15) is 17.2 Å². The topological polar surface area (TPSA) is 56.8 Å². The van der Waals surface area contributed by atoms with E-state index in [2.05, 4.69) is 5.32 Å². The van der Waals surface area contributed by atoms with Crippen LogP contribution < -0.4 is 19.5 Å². The molecule has 5 heteroatoms. The fraction of sp³-hybridized carbons (Fsp3) is 0.350. The average Bonchev–Trinajstić information content (AvgIpc) is 2.66. The van der Waals surface area contributed by atoms with E-state index in [9.17, 15) is 4.79 Å². The summed E-state index contributed by atoms with van der Waals surface area (Å²) in [6.07, 6.45) is 1.03. The van der Waals surface area contributed by atoms with Crippen molar-refractivity contribution in [1.82, 2.24) is 5.32 Å². The molecule has 0 heterocycles. The predicted octanol–water partition coefficient (Wildman–Crippen LogP) is 3.52. The van der Waals surface area contributed by atoms with Crippen LogP contribution in [0.5, 0.6) is 17.2 Å². The number of benzene rings is 2. The molecule has 0 bridgehead atoms. The molecule has 1 amide bonds. The first-order valence-corrected chi connectivity index (χ1v) is 8.25. The summed E-state index contributed by atoms with van der Waals surface area (Å²) in [5, 5.41) is 3.08. The first-order chi connectivity index (χ1) is 12.1. The highest BCUT2D eigenvalue weighted by Crippen LogP contribution is 2.25. The Hall–Kier alpha value is -2.69. The fourth-order valence-corrected chi connectivity index (χ4v) is 2.70. The second-order valence-electron chi connectivity index (χ2n) is 5.66. The van der Waals surface area contributed by atoms with E-state index in [-0.39, 0.29) is 18.4 Å². The number of methoxy groups -OCH3 is 3. The SMILES string of the molecule is CCC(NC(=O)Cc1cc(OC)ccc1OC)c1ccc(OC)cc1. The lowest BCUT2D eigenvalue weighted by atomic mass is 10.0. The van der Waals surface area contributed by atoms with Crippen molar-refractivity contribution in [2.75, 3.05) is 21.3 Å². The molecule has 1 atom stereocenters. The maximum atomic E-state index is 12.5. The lowest BCUT2D eigenvalue weighted by Gasteiger charge is -2.18. The molecule has 25 heavy (non-hydrogen) atoms. The van der Waals surface area contributed by atoms with Gasteiger partial charge in [-0.15, -0.1) is 0 Å². The molecular formula is C20H25NO4. The molecule has 0 saturated heterocycles. The molecular weight excluding hydrogens is 318 g/mol. The lowest BCUT2D eigenvalue weighted by Crippen LogP contribution is -2.29. The maximum absolute atomic E-state index is 12.5. The van der Waals surface area contributed by atoms with Crippen LogP contribution in [0.3, 0.4) is 0 Å². The molecule has 0 aliphatic rings. The minimum atomic E-state index is -0.0609. The van der Waals surface area contributed by atoms with Crippen molar-refractivity contribution in [3.63, 3.8) is 0 Å².